The van der Waals surface area contributed by atoms with Crippen LogP contribution in [0.4, 0.5) is 0 Å². The molecule has 3 rings (SSSR count). The topological polar surface area (TPSA) is 103 Å². The summed E-state index contributed by atoms with van der Waals surface area (Å²) in [6.45, 7) is 9.57. The molecule has 33 heavy (non-hydrogen) atoms. The number of pyridine rings is 1. The standard InChI is InChI=1S/C25H32N4O4/c1-6-28(7-2)11-8-12-29-16(3)13-21-23(25(29)30)22(18(15-26)24(27)33-21)17-9-10-19(31-4)20(14-17)32-5/h9-10,13-14,22H,6-8,11-12,27H2,1-5H3/t22-/m1/s1. The highest BCUT2D eigenvalue weighted by molar-refractivity contribution is 5.57. The molecule has 1 aromatic carbocycles. The molecule has 176 valence electrons. The highest BCUT2D eigenvalue weighted by Crippen LogP contribution is 2.42. The molecule has 0 saturated heterocycles. The summed E-state index contributed by atoms with van der Waals surface area (Å²) in [6, 6.07) is 9.31. The molecule has 2 heterocycles. The van der Waals surface area contributed by atoms with Crippen molar-refractivity contribution in [3.8, 4) is 23.3 Å². The van der Waals surface area contributed by atoms with Crippen molar-refractivity contribution in [2.45, 2.75) is 39.7 Å². The van der Waals surface area contributed by atoms with Crippen LogP contribution >= 0.6 is 0 Å². The number of aryl methyl sites for hydroxylation is 1. The van der Waals surface area contributed by atoms with Crippen LogP contribution in [0.5, 0.6) is 17.2 Å². The highest BCUT2D eigenvalue weighted by Gasteiger charge is 2.34. The average Bonchev–Trinajstić information content (AvgIpc) is 2.82. The molecule has 0 saturated carbocycles. The van der Waals surface area contributed by atoms with Crippen LogP contribution in [0.25, 0.3) is 0 Å². The molecule has 1 atom stereocenters. The molecule has 1 aliphatic rings. The number of nitrogens with two attached hydrogens (primary N) is 1. The molecule has 0 unspecified atom stereocenters. The molecule has 0 spiro atoms. The molecular weight excluding hydrogens is 420 g/mol. The van der Waals surface area contributed by atoms with E-state index in [9.17, 15) is 10.1 Å². The molecule has 0 bridgehead atoms. The Labute approximate surface area is 194 Å². The number of benzene rings is 1. The Kier molecular flexibility index (Phi) is 7.67. The molecule has 2 N–H and O–H groups in total. The van der Waals surface area contributed by atoms with Crippen molar-refractivity contribution in [2.75, 3.05) is 33.9 Å². The lowest BCUT2D eigenvalue weighted by molar-refractivity contribution is 0.292. The molecule has 8 nitrogen and oxygen atoms in total. The summed E-state index contributed by atoms with van der Waals surface area (Å²) >= 11 is 0. The van der Waals surface area contributed by atoms with E-state index in [1.807, 2.05) is 19.1 Å². The van der Waals surface area contributed by atoms with Crippen LogP contribution in [0.15, 0.2) is 40.5 Å². The zero-order chi connectivity index (χ0) is 24.1. The SMILES string of the molecule is CCN(CC)CCCn1c(C)cc2c(c1=O)[C@H](c1ccc(OC)c(OC)c1)C(C#N)=C(N)O2. The van der Waals surface area contributed by atoms with E-state index >= 15 is 0 Å². The summed E-state index contributed by atoms with van der Waals surface area (Å²) < 4.78 is 18.3. The Morgan fingerprint density at radius 1 is 1.18 bits per heavy atom. The van der Waals surface area contributed by atoms with E-state index in [1.165, 1.54) is 0 Å². The number of allylic oxidation sites excluding steroid dienone is 1. The van der Waals surface area contributed by atoms with Gasteiger partial charge in [0.15, 0.2) is 11.5 Å². The molecule has 0 amide bonds. The maximum absolute atomic E-state index is 13.7. The van der Waals surface area contributed by atoms with Gasteiger partial charge in [-0.15, -0.1) is 0 Å². The number of hydrogen-bond acceptors (Lipinski definition) is 7. The Morgan fingerprint density at radius 3 is 2.48 bits per heavy atom. The second-order valence-corrected chi connectivity index (χ2v) is 7.94. The summed E-state index contributed by atoms with van der Waals surface area (Å²) in [5.74, 6) is 0.782. The zero-order valence-corrected chi connectivity index (χ0v) is 20.0. The van der Waals surface area contributed by atoms with Crippen molar-refractivity contribution < 1.29 is 14.2 Å². The smallest absolute Gasteiger partial charge is 0.258 e. The van der Waals surface area contributed by atoms with Crippen molar-refractivity contribution >= 4 is 0 Å². The van der Waals surface area contributed by atoms with E-state index < -0.39 is 5.92 Å². The van der Waals surface area contributed by atoms with Crippen molar-refractivity contribution in [3.05, 3.63) is 62.9 Å². The van der Waals surface area contributed by atoms with Gasteiger partial charge in [-0.2, -0.15) is 5.26 Å². The van der Waals surface area contributed by atoms with Crippen LogP contribution in [0, 0.1) is 18.3 Å². The minimum atomic E-state index is -0.666. The Balaban J connectivity index is 2.11. The summed E-state index contributed by atoms with van der Waals surface area (Å²) in [5.41, 5.74) is 8.02. The lowest BCUT2D eigenvalue weighted by Gasteiger charge is -2.28. The number of methoxy groups -OCH3 is 2. The summed E-state index contributed by atoms with van der Waals surface area (Å²) in [7, 11) is 3.10. The lowest BCUT2D eigenvalue weighted by Crippen LogP contribution is -2.33. The normalized spacial score (nSPS) is 15.1. The second-order valence-electron chi connectivity index (χ2n) is 7.94. The molecular formula is C25H32N4O4. The third kappa shape index (κ3) is 4.69. The first-order valence-electron chi connectivity index (χ1n) is 11.2. The fraction of sp³-hybridized carbons (Fsp3) is 0.440. The van der Waals surface area contributed by atoms with Crippen LogP contribution < -0.4 is 25.5 Å². The van der Waals surface area contributed by atoms with Gasteiger partial charge in [-0.25, -0.2) is 0 Å². The van der Waals surface area contributed by atoms with Gasteiger partial charge >= 0.3 is 0 Å². The summed E-state index contributed by atoms with van der Waals surface area (Å²) in [5, 5.41) is 9.88. The van der Waals surface area contributed by atoms with Gasteiger partial charge in [0.2, 0.25) is 5.88 Å². The number of nitrogens with zero attached hydrogens (tertiary/aromatic N) is 3. The Morgan fingerprint density at radius 2 is 1.88 bits per heavy atom. The van der Waals surface area contributed by atoms with Crippen LogP contribution in [0.1, 0.15) is 43.0 Å². The molecule has 0 fully saturated rings. The maximum atomic E-state index is 13.7. The number of nitriles is 1. The predicted molar refractivity (Wildman–Crippen MR) is 127 cm³/mol. The number of aromatic nitrogens is 1. The first kappa shape index (κ1) is 24.2. The molecule has 1 aromatic heterocycles. The van der Waals surface area contributed by atoms with Gasteiger partial charge in [-0.3, -0.25) is 4.79 Å². The molecule has 0 radical (unpaired) electrons. The summed E-state index contributed by atoms with van der Waals surface area (Å²) in [6.07, 6.45) is 0.839. The first-order chi connectivity index (χ1) is 15.9. The van der Waals surface area contributed by atoms with Gasteiger partial charge in [0.1, 0.15) is 17.4 Å². The van der Waals surface area contributed by atoms with E-state index in [2.05, 4.69) is 24.8 Å². The van der Waals surface area contributed by atoms with E-state index in [0.717, 1.165) is 31.7 Å². The number of ether oxygens (including phenoxy) is 3. The van der Waals surface area contributed by atoms with Crippen molar-refractivity contribution in [2.24, 2.45) is 5.73 Å². The van der Waals surface area contributed by atoms with Crippen molar-refractivity contribution in [1.82, 2.24) is 9.47 Å². The largest absolute Gasteiger partial charge is 0.493 e. The van der Waals surface area contributed by atoms with E-state index in [4.69, 9.17) is 19.9 Å². The second kappa shape index (κ2) is 10.5. The Bertz CT molecular complexity index is 1140. The molecule has 0 aliphatic carbocycles. The first-order valence-corrected chi connectivity index (χ1v) is 11.2. The van der Waals surface area contributed by atoms with E-state index in [1.54, 1.807) is 30.9 Å². The molecule has 2 aromatic rings. The van der Waals surface area contributed by atoms with Crippen molar-refractivity contribution in [1.29, 1.82) is 5.26 Å². The molecule has 8 heteroatoms. The van der Waals surface area contributed by atoms with Gasteiger partial charge in [0, 0.05) is 18.3 Å². The third-order valence-electron chi connectivity index (χ3n) is 6.18. The van der Waals surface area contributed by atoms with Gasteiger partial charge < -0.3 is 29.4 Å². The zero-order valence-electron chi connectivity index (χ0n) is 20.0. The predicted octanol–water partition coefficient (Wildman–Crippen LogP) is 3.12. The van der Waals surface area contributed by atoms with Crippen molar-refractivity contribution in [3.63, 3.8) is 0 Å². The van der Waals surface area contributed by atoms with E-state index in [0.29, 0.717) is 34.9 Å². The Hall–Kier alpha value is -3.44. The monoisotopic (exact) mass is 452 g/mol. The van der Waals surface area contributed by atoms with Crippen LogP contribution in [0.3, 0.4) is 0 Å². The highest BCUT2D eigenvalue weighted by atomic mass is 16.5. The number of hydrogen-bond donors (Lipinski definition) is 1. The van der Waals surface area contributed by atoms with E-state index in [-0.39, 0.29) is 17.0 Å². The molecule has 1 aliphatic heterocycles. The maximum Gasteiger partial charge on any atom is 0.258 e. The van der Waals surface area contributed by atoms with Gasteiger partial charge in [-0.1, -0.05) is 19.9 Å². The fourth-order valence-corrected chi connectivity index (χ4v) is 4.32. The van der Waals surface area contributed by atoms with Gasteiger partial charge in [0.25, 0.3) is 5.56 Å². The fourth-order valence-electron chi connectivity index (χ4n) is 4.32. The number of fused-ring (bicyclic) bond motifs is 1. The minimum absolute atomic E-state index is 0.00266. The van der Waals surface area contributed by atoms with Gasteiger partial charge in [0.05, 0.1) is 25.7 Å². The van der Waals surface area contributed by atoms with Crippen LogP contribution in [0.2, 0.25) is 0 Å². The average molecular weight is 453 g/mol. The number of rotatable bonds is 9. The quantitative estimate of drug-likeness (QED) is 0.623. The minimum Gasteiger partial charge on any atom is -0.493 e. The summed E-state index contributed by atoms with van der Waals surface area (Å²) in [4.78, 5) is 16.0. The van der Waals surface area contributed by atoms with Gasteiger partial charge in [-0.05, 0) is 50.7 Å². The third-order valence-corrected chi connectivity index (χ3v) is 6.18. The lowest BCUT2D eigenvalue weighted by atomic mass is 9.84. The van der Waals surface area contributed by atoms with Crippen LogP contribution in [-0.4, -0.2) is 43.3 Å². The van der Waals surface area contributed by atoms with Crippen LogP contribution in [-0.2, 0) is 6.54 Å².